The molecule has 0 radical (unpaired) electrons. The molecule has 0 amide bonds. The molecule has 0 spiro atoms. The molecular formula is C26H27N5O2. The number of pyridine rings is 2. The third-order valence-electron chi connectivity index (χ3n) is 6.49. The highest BCUT2D eigenvalue weighted by Gasteiger charge is 2.15. The molecule has 3 aromatic heterocycles. The van der Waals surface area contributed by atoms with Crippen molar-refractivity contribution in [1.82, 2.24) is 15.3 Å². The van der Waals surface area contributed by atoms with E-state index in [1.807, 2.05) is 12.4 Å². The van der Waals surface area contributed by atoms with Gasteiger partial charge in [-0.2, -0.15) is 0 Å². The molecule has 168 valence electrons. The summed E-state index contributed by atoms with van der Waals surface area (Å²) in [5.74, 6) is 0.981. The Morgan fingerprint density at radius 2 is 1.52 bits per heavy atom. The van der Waals surface area contributed by atoms with Crippen LogP contribution in [0.2, 0.25) is 0 Å². The summed E-state index contributed by atoms with van der Waals surface area (Å²) in [4.78, 5) is 14.1. The van der Waals surface area contributed by atoms with Gasteiger partial charge in [0.2, 0.25) is 0 Å². The second-order valence-corrected chi connectivity index (χ2v) is 8.51. The summed E-state index contributed by atoms with van der Waals surface area (Å²) in [6.45, 7) is 7.42. The van der Waals surface area contributed by atoms with Crippen molar-refractivity contribution in [3.05, 3.63) is 61.1 Å². The molecule has 0 atom stereocenters. The molecule has 2 fully saturated rings. The van der Waals surface area contributed by atoms with Crippen LogP contribution in [0.3, 0.4) is 0 Å². The highest BCUT2D eigenvalue weighted by atomic mass is 16.5. The first-order chi connectivity index (χ1) is 16.3. The number of hydrogen-bond donors (Lipinski definition) is 1. The maximum absolute atomic E-state index is 5.90. The molecule has 0 saturated carbocycles. The Labute approximate surface area is 193 Å². The molecule has 5 heterocycles. The lowest BCUT2D eigenvalue weighted by atomic mass is 10.1. The Morgan fingerprint density at radius 1 is 0.758 bits per heavy atom. The van der Waals surface area contributed by atoms with E-state index in [9.17, 15) is 0 Å². The number of ether oxygens (including phenoxy) is 1. The minimum absolute atomic E-state index is 0.751. The molecule has 0 aliphatic carbocycles. The predicted octanol–water partition coefficient (Wildman–Crippen LogP) is 3.80. The highest BCUT2D eigenvalue weighted by Crippen LogP contribution is 2.32. The van der Waals surface area contributed by atoms with E-state index in [4.69, 9.17) is 14.1 Å². The standard InChI is InChI=1S/C26H27N5O2/c1-4-22(30-9-7-27-8-10-30)5-2-19(1)21-15-24-26(29-17-21)23(18-33-24)20-3-6-25(28-16-20)31-11-13-32-14-12-31/h1-6,15-18,27H,7-14H2. The average Bonchev–Trinajstić information content (AvgIpc) is 3.33. The van der Waals surface area contributed by atoms with Crippen LogP contribution in [-0.4, -0.2) is 62.5 Å². The van der Waals surface area contributed by atoms with Crippen LogP contribution in [0.1, 0.15) is 0 Å². The van der Waals surface area contributed by atoms with E-state index in [-0.39, 0.29) is 0 Å². The molecule has 33 heavy (non-hydrogen) atoms. The lowest BCUT2D eigenvalue weighted by Crippen LogP contribution is -2.43. The Balaban J connectivity index is 1.23. The van der Waals surface area contributed by atoms with Crippen LogP contribution in [0.5, 0.6) is 0 Å². The SMILES string of the molecule is c1cc(N2CCNCC2)ccc1-c1cnc2c(-c3ccc(N4CCOCC4)nc3)coc2c1. The topological polar surface area (TPSA) is 66.7 Å². The van der Waals surface area contributed by atoms with Crippen LogP contribution in [0.25, 0.3) is 33.4 Å². The fourth-order valence-corrected chi connectivity index (χ4v) is 4.59. The zero-order valence-electron chi connectivity index (χ0n) is 18.5. The molecule has 0 bridgehead atoms. The summed E-state index contributed by atoms with van der Waals surface area (Å²) in [6.07, 6.45) is 5.61. The number of piperazine rings is 1. The van der Waals surface area contributed by atoms with Gasteiger partial charge in [0.15, 0.2) is 5.58 Å². The largest absolute Gasteiger partial charge is 0.462 e. The van der Waals surface area contributed by atoms with Crippen molar-refractivity contribution in [3.8, 4) is 22.3 Å². The maximum Gasteiger partial charge on any atom is 0.153 e. The van der Waals surface area contributed by atoms with E-state index >= 15 is 0 Å². The Morgan fingerprint density at radius 3 is 2.27 bits per heavy atom. The Kier molecular flexibility index (Phi) is 5.41. The second kappa shape index (κ2) is 8.84. The van der Waals surface area contributed by atoms with Crippen LogP contribution in [-0.2, 0) is 4.74 Å². The van der Waals surface area contributed by atoms with Crippen LogP contribution in [0.4, 0.5) is 11.5 Å². The van der Waals surface area contributed by atoms with Gasteiger partial charge in [0.05, 0.1) is 13.2 Å². The number of benzene rings is 1. The zero-order chi connectivity index (χ0) is 22.0. The minimum Gasteiger partial charge on any atom is -0.462 e. The van der Waals surface area contributed by atoms with E-state index in [1.165, 1.54) is 5.69 Å². The van der Waals surface area contributed by atoms with Crippen molar-refractivity contribution in [1.29, 1.82) is 0 Å². The summed E-state index contributed by atoms with van der Waals surface area (Å²) >= 11 is 0. The van der Waals surface area contributed by atoms with E-state index < -0.39 is 0 Å². The molecular weight excluding hydrogens is 414 g/mol. The van der Waals surface area contributed by atoms with Crippen molar-refractivity contribution in [2.75, 3.05) is 62.3 Å². The van der Waals surface area contributed by atoms with Crippen LogP contribution < -0.4 is 15.1 Å². The molecule has 2 aliphatic heterocycles. The Bertz CT molecular complexity index is 1220. The number of anilines is 2. The number of nitrogens with zero attached hydrogens (tertiary/aromatic N) is 4. The average molecular weight is 442 g/mol. The molecule has 6 rings (SSSR count). The highest BCUT2D eigenvalue weighted by molar-refractivity contribution is 5.92. The fourth-order valence-electron chi connectivity index (χ4n) is 4.59. The number of nitrogens with one attached hydrogen (secondary N) is 1. The third-order valence-corrected chi connectivity index (χ3v) is 6.49. The lowest BCUT2D eigenvalue weighted by molar-refractivity contribution is 0.122. The third kappa shape index (κ3) is 4.05. The van der Waals surface area contributed by atoms with E-state index in [1.54, 1.807) is 6.26 Å². The lowest BCUT2D eigenvalue weighted by Gasteiger charge is -2.29. The van der Waals surface area contributed by atoms with E-state index in [2.05, 4.69) is 62.6 Å². The van der Waals surface area contributed by atoms with Crippen molar-refractivity contribution in [2.24, 2.45) is 0 Å². The van der Waals surface area contributed by atoms with Gasteiger partial charge in [-0.15, -0.1) is 0 Å². The normalized spacial score (nSPS) is 17.0. The first kappa shape index (κ1) is 20.2. The molecule has 1 aromatic carbocycles. The monoisotopic (exact) mass is 441 g/mol. The quantitative estimate of drug-likeness (QED) is 0.517. The van der Waals surface area contributed by atoms with Crippen LogP contribution in [0.15, 0.2) is 65.5 Å². The fraction of sp³-hybridized carbons (Fsp3) is 0.308. The summed E-state index contributed by atoms with van der Waals surface area (Å²) in [7, 11) is 0. The van der Waals surface area contributed by atoms with Gasteiger partial charge in [-0.05, 0) is 35.9 Å². The first-order valence-corrected chi connectivity index (χ1v) is 11.6. The van der Waals surface area contributed by atoms with Gasteiger partial charge in [0, 0.05) is 74.0 Å². The van der Waals surface area contributed by atoms with Gasteiger partial charge >= 0.3 is 0 Å². The van der Waals surface area contributed by atoms with Crippen molar-refractivity contribution in [2.45, 2.75) is 0 Å². The van der Waals surface area contributed by atoms with Crippen LogP contribution >= 0.6 is 0 Å². The molecule has 2 saturated heterocycles. The first-order valence-electron chi connectivity index (χ1n) is 11.6. The predicted molar refractivity (Wildman–Crippen MR) is 131 cm³/mol. The number of aromatic nitrogens is 2. The molecule has 1 N–H and O–H groups in total. The molecule has 0 unspecified atom stereocenters. The van der Waals surface area contributed by atoms with Gasteiger partial charge in [-0.25, -0.2) is 4.98 Å². The van der Waals surface area contributed by atoms with Crippen molar-refractivity contribution in [3.63, 3.8) is 0 Å². The molecule has 4 aromatic rings. The second-order valence-electron chi connectivity index (χ2n) is 8.51. The zero-order valence-corrected chi connectivity index (χ0v) is 18.5. The number of morpholine rings is 1. The molecule has 7 heteroatoms. The van der Waals surface area contributed by atoms with Gasteiger partial charge in [-0.3, -0.25) is 4.98 Å². The van der Waals surface area contributed by atoms with Gasteiger partial charge < -0.3 is 24.3 Å². The van der Waals surface area contributed by atoms with Crippen LogP contribution in [0, 0.1) is 0 Å². The molecule has 2 aliphatic rings. The van der Waals surface area contributed by atoms with E-state index in [0.717, 1.165) is 91.7 Å². The number of fused-ring (bicyclic) bond motifs is 1. The number of rotatable bonds is 4. The molecule has 7 nitrogen and oxygen atoms in total. The van der Waals surface area contributed by atoms with Crippen molar-refractivity contribution >= 4 is 22.6 Å². The van der Waals surface area contributed by atoms with Gasteiger partial charge in [0.1, 0.15) is 17.6 Å². The summed E-state index contributed by atoms with van der Waals surface area (Å²) in [6, 6.07) is 14.9. The minimum atomic E-state index is 0.751. The van der Waals surface area contributed by atoms with Crippen molar-refractivity contribution < 1.29 is 9.15 Å². The summed E-state index contributed by atoms with van der Waals surface area (Å²) in [5, 5.41) is 3.40. The maximum atomic E-state index is 5.90. The van der Waals surface area contributed by atoms with Gasteiger partial charge in [-0.1, -0.05) is 12.1 Å². The smallest absolute Gasteiger partial charge is 0.153 e. The summed E-state index contributed by atoms with van der Waals surface area (Å²) in [5.41, 5.74) is 7.07. The number of hydrogen-bond acceptors (Lipinski definition) is 7. The summed E-state index contributed by atoms with van der Waals surface area (Å²) < 4.78 is 11.3. The Hall–Kier alpha value is -3.42. The van der Waals surface area contributed by atoms with Gasteiger partial charge in [0.25, 0.3) is 0 Å². The number of furan rings is 1. The van der Waals surface area contributed by atoms with E-state index in [0.29, 0.717) is 0 Å².